The van der Waals surface area contributed by atoms with E-state index in [1.54, 1.807) is 10.8 Å². The van der Waals surface area contributed by atoms with Gasteiger partial charge in [-0.3, -0.25) is 5.14 Å². The average molecular weight is 489 g/mol. The topological polar surface area (TPSA) is 62.7 Å². The van der Waals surface area contributed by atoms with Gasteiger partial charge in [0.2, 0.25) is 0 Å². The van der Waals surface area contributed by atoms with Crippen LogP contribution in [-0.2, 0) is 0 Å². The van der Waals surface area contributed by atoms with Crippen LogP contribution >= 0.6 is 23.7 Å². The third-order valence-electron chi connectivity index (χ3n) is 7.66. The Labute approximate surface area is 194 Å². The van der Waals surface area contributed by atoms with Crippen molar-refractivity contribution in [2.75, 3.05) is 24.5 Å². The zero-order valence-electron chi connectivity index (χ0n) is 18.0. The van der Waals surface area contributed by atoms with Crippen molar-refractivity contribution in [1.29, 1.82) is 0 Å². The maximum Gasteiger partial charge on any atom is 0.391 e. The minimum atomic E-state index is -4.05. The molecule has 2 aliphatic carbocycles. The zero-order valence-corrected chi connectivity index (χ0v) is 19.6. The molecule has 1 spiro atoms. The van der Waals surface area contributed by atoms with E-state index in [9.17, 15) is 13.2 Å². The van der Waals surface area contributed by atoms with Crippen molar-refractivity contribution in [2.24, 2.45) is 22.4 Å². The van der Waals surface area contributed by atoms with Crippen molar-refractivity contribution in [3.05, 3.63) is 23.1 Å². The molecule has 3 aliphatic rings. The molecule has 6 nitrogen and oxygen atoms in total. The van der Waals surface area contributed by atoms with Crippen LogP contribution in [0.1, 0.15) is 44.1 Å². The van der Waals surface area contributed by atoms with Crippen LogP contribution in [0, 0.1) is 24.2 Å². The summed E-state index contributed by atoms with van der Waals surface area (Å²) in [7, 11) is 0. The molecule has 0 unspecified atom stereocenters. The van der Waals surface area contributed by atoms with E-state index in [0.717, 1.165) is 49.4 Å². The molecule has 1 aliphatic heterocycles. The minimum absolute atomic E-state index is 0.247. The van der Waals surface area contributed by atoms with Crippen LogP contribution in [0.2, 0.25) is 5.15 Å². The van der Waals surface area contributed by atoms with E-state index >= 15 is 0 Å². The number of anilines is 1. The summed E-state index contributed by atoms with van der Waals surface area (Å²) in [6.07, 6.45) is 1.38. The highest BCUT2D eigenvalue weighted by Crippen LogP contribution is 2.53. The lowest BCUT2D eigenvalue weighted by molar-refractivity contribution is -0.184. The van der Waals surface area contributed by atoms with Gasteiger partial charge in [-0.15, -0.1) is 0 Å². The molecule has 3 heterocycles. The van der Waals surface area contributed by atoms with Crippen LogP contribution in [0.15, 0.2) is 12.4 Å². The van der Waals surface area contributed by atoms with Crippen LogP contribution in [0.5, 0.6) is 0 Å². The molecule has 0 bridgehead atoms. The number of alkyl halides is 3. The second-order valence-electron chi connectivity index (χ2n) is 9.88. The molecule has 1 saturated heterocycles. The number of fused-ring (bicyclic) bond motifs is 1. The van der Waals surface area contributed by atoms with E-state index < -0.39 is 12.1 Å². The van der Waals surface area contributed by atoms with Crippen molar-refractivity contribution in [3.8, 4) is 0 Å². The van der Waals surface area contributed by atoms with E-state index in [1.165, 1.54) is 12.1 Å². The van der Waals surface area contributed by atoms with Gasteiger partial charge in [-0.05, 0) is 63.0 Å². The SMILES string of the molecule is Cc1cc(Cl)n2ncnc(N3CC4(CC(N(CC5CCC(C(F)(F)F)CC5)SN)C4)C3)c12. The Morgan fingerprint density at radius 3 is 2.56 bits per heavy atom. The first-order chi connectivity index (χ1) is 15.2. The Hall–Kier alpha value is -1.23. The molecule has 0 atom stereocenters. The molecule has 11 heteroatoms. The van der Waals surface area contributed by atoms with E-state index in [2.05, 4.69) is 19.3 Å². The summed E-state index contributed by atoms with van der Waals surface area (Å²) >= 11 is 7.52. The number of aromatic nitrogens is 3. The second-order valence-corrected chi connectivity index (χ2v) is 10.9. The van der Waals surface area contributed by atoms with Crippen LogP contribution in [0.25, 0.3) is 5.52 Å². The van der Waals surface area contributed by atoms with Gasteiger partial charge in [0, 0.05) is 43.2 Å². The normalized spacial score (nSPS) is 26.0. The Balaban J connectivity index is 1.15. The van der Waals surface area contributed by atoms with Gasteiger partial charge in [0.1, 0.15) is 17.0 Å². The summed E-state index contributed by atoms with van der Waals surface area (Å²) in [4.78, 5) is 6.81. The van der Waals surface area contributed by atoms with Gasteiger partial charge in [-0.1, -0.05) is 11.6 Å². The fourth-order valence-electron chi connectivity index (χ4n) is 5.91. The summed E-state index contributed by atoms with van der Waals surface area (Å²) < 4.78 is 42.7. The van der Waals surface area contributed by atoms with Crippen molar-refractivity contribution in [3.63, 3.8) is 0 Å². The van der Waals surface area contributed by atoms with Crippen molar-refractivity contribution in [1.82, 2.24) is 18.9 Å². The van der Waals surface area contributed by atoms with E-state index in [1.807, 2.05) is 13.0 Å². The number of hydrogen-bond acceptors (Lipinski definition) is 6. The Morgan fingerprint density at radius 1 is 1.25 bits per heavy atom. The highest BCUT2D eigenvalue weighted by molar-refractivity contribution is 7.94. The lowest BCUT2D eigenvalue weighted by Gasteiger charge is -2.61. The van der Waals surface area contributed by atoms with Crippen molar-refractivity contribution in [2.45, 2.75) is 57.7 Å². The van der Waals surface area contributed by atoms with Crippen molar-refractivity contribution >= 4 is 35.1 Å². The number of nitrogens with zero attached hydrogens (tertiary/aromatic N) is 5. The summed E-state index contributed by atoms with van der Waals surface area (Å²) in [5, 5.41) is 10.8. The maximum absolute atomic E-state index is 12.9. The van der Waals surface area contributed by atoms with Crippen LogP contribution < -0.4 is 10.0 Å². The molecule has 2 aromatic rings. The molecule has 0 aromatic carbocycles. The number of rotatable bonds is 5. The standard InChI is InChI=1S/C21H28ClF3N6S/c1-13-6-17(22)31-18(13)19(27-12-28-31)29-10-20(11-29)7-16(8-20)30(32-26)9-14-2-4-15(5-3-14)21(23,24)25/h6,12,14-16H,2-5,7-11,26H2,1H3. The molecule has 3 fully saturated rings. The third kappa shape index (κ3) is 3.97. The lowest BCUT2D eigenvalue weighted by Crippen LogP contribution is -2.66. The smallest absolute Gasteiger partial charge is 0.354 e. The molecule has 0 amide bonds. The Morgan fingerprint density at radius 2 is 1.94 bits per heavy atom. The van der Waals surface area contributed by atoms with Gasteiger partial charge in [-0.25, -0.2) is 13.8 Å². The van der Waals surface area contributed by atoms with Gasteiger partial charge in [0.25, 0.3) is 0 Å². The fourth-order valence-corrected chi connectivity index (χ4v) is 6.82. The summed E-state index contributed by atoms with van der Waals surface area (Å²) in [5.41, 5.74) is 2.29. The average Bonchev–Trinajstić information content (AvgIpc) is 2.99. The quantitative estimate of drug-likeness (QED) is 0.607. The third-order valence-corrected chi connectivity index (χ3v) is 8.65. The van der Waals surface area contributed by atoms with Crippen LogP contribution in [-0.4, -0.2) is 50.8 Å². The zero-order chi connectivity index (χ0) is 22.7. The van der Waals surface area contributed by atoms with Gasteiger partial charge in [0.15, 0.2) is 5.82 Å². The summed E-state index contributed by atoms with van der Waals surface area (Å²) in [6.45, 7) is 4.68. The first kappa shape index (κ1) is 22.6. The number of hydrogen-bond donors (Lipinski definition) is 1. The number of halogens is 4. The number of nitrogens with two attached hydrogens (primary N) is 1. The monoisotopic (exact) mass is 488 g/mol. The van der Waals surface area contributed by atoms with Crippen LogP contribution in [0.3, 0.4) is 0 Å². The Bertz CT molecular complexity index is 976. The first-order valence-electron chi connectivity index (χ1n) is 11.1. The van der Waals surface area contributed by atoms with Crippen molar-refractivity contribution < 1.29 is 13.2 Å². The maximum atomic E-state index is 12.9. The molecular weight excluding hydrogens is 461 g/mol. The van der Waals surface area contributed by atoms with Gasteiger partial charge in [-0.2, -0.15) is 18.3 Å². The fraction of sp³-hybridized carbons (Fsp3) is 0.714. The molecule has 2 aromatic heterocycles. The lowest BCUT2D eigenvalue weighted by atomic mass is 9.60. The molecular formula is C21H28ClF3N6S. The molecule has 0 radical (unpaired) electrons. The minimum Gasteiger partial charge on any atom is -0.354 e. The summed E-state index contributed by atoms with van der Waals surface area (Å²) in [5.74, 6) is 0.0958. The first-order valence-corrected chi connectivity index (χ1v) is 12.3. The van der Waals surface area contributed by atoms with E-state index in [-0.39, 0.29) is 18.3 Å². The number of aryl methyl sites for hydroxylation is 1. The van der Waals surface area contributed by atoms with Crippen LogP contribution in [0.4, 0.5) is 19.0 Å². The Kier molecular flexibility index (Phi) is 5.79. The molecule has 5 rings (SSSR count). The van der Waals surface area contributed by atoms with E-state index in [0.29, 0.717) is 30.0 Å². The molecule has 2 saturated carbocycles. The van der Waals surface area contributed by atoms with Gasteiger partial charge >= 0.3 is 6.18 Å². The van der Waals surface area contributed by atoms with Gasteiger partial charge in [0.05, 0.1) is 5.92 Å². The highest BCUT2D eigenvalue weighted by atomic mass is 35.5. The predicted molar refractivity (Wildman–Crippen MR) is 120 cm³/mol. The highest BCUT2D eigenvalue weighted by Gasteiger charge is 2.55. The van der Waals surface area contributed by atoms with Gasteiger partial charge < -0.3 is 4.90 Å². The summed E-state index contributed by atoms with van der Waals surface area (Å²) in [6, 6.07) is 2.30. The molecule has 32 heavy (non-hydrogen) atoms. The second kappa shape index (κ2) is 8.21. The molecule has 176 valence electrons. The predicted octanol–water partition coefficient (Wildman–Crippen LogP) is 4.85. The van der Waals surface area contributed by atoms with E-state index in [4.69, 9.17) is 16.7 Å². The largest absolute Gasteiger partial charge is 0.391 e. The molecule has 2 N–H and O–H groups in total.